The predicted octanol–water partition coefficient (Wildman–Crippen LogP) is 3.57. The zero-order chi connectivity index (χ0) is 16.5. The Balaban J connectivity index is 1.63. The molecule has 0 spiro atoms. The van der Waals surface area contributed by atoms with Gasteiger partial charge in [0.2, 0.25) is 0 Å². The molecule has 24 heavy (non-hydrogen) atoms. The van der Waals surface area contributed by atoms with Crippen molar-refractivity contribution in [2.45, 2.75) is 19.4 Å². The van der Waals surface area contributed by atoms with Crippen molar-refractivity contribution < 1.29 is 0 Å². The number of hydrogen-bond donors (Lipinski definition) is 0. The third kappa shape index (κ3) is 2.92. The van der Waals surface area contributed by atoms with Crippen molar-refractivity contribution in [3.05, 3.63) is 58.7 Å². The Morgan fingerprint density at radius 2 is 1.83 bits per heavy atom. The normalized spacial score (nSPS) is 15.2. The number of rotatable bonds is 4. The van der Waals surface area contributed by atoms with Gasteiger partial charge in [-0.15, -0.1) is 0 Å². The van der Waals surface area contributed by atoms with Crippen LogP contribution in [0, 0.1) is 0 Å². The molecule has 1 fully saturated rings. The van der Waals surface area contributed by atoms with Crippen molar-refractivity contribution >= 4 is 30.6 Å². The summed E-state index contributed by atoms with van der Waals surface area (Å²) in [6, 6.07) is 14.5. The second kappa shape index (κ2) is 6.54. The van der Waals surface area contributed by atoms with Gasteiger partial charge in [0, 0.05) is 0 Å². The van der Waals surface area contributed by atoms with Gasteiger partial charge in [0.05, 0.1) is 0 Å². The van der Waals surface area contributed by atoms with Gasteiger partial charge in [-0.05, 0) is 12.8 Å². The van der Waals surface area contributed by atoms with Crippen LogP contribution in [0.3, 0.4) is 0 Å². The molecule has 5 heteroatoms. The summed E-state index contributed by atoms with van der Waals surface area (Å²) < 4.78 is 1.79. The van der Waals surface area contributed by atoms with Crippen LogP contribution in [-0.4, -0.2) is 41.1 Å². The minimum atomic E-state index is 0.659. The van der Waals surface area contributed by atoms with Gasteiger partial charge in [-0.25, -0.2) is 0 Å². The Kier molecular flexibility index (Phi) is 4.25. The van der Waals surface area contributed by atoms with Gasteiger partial charge in [0.15, 0.2) is 0 Å². The van der Waals surface area contributed by atoms with E-state index in [-0.39, 0.29) is 0 Å². The molecule has 119 valence electrons. The zero-order valence-electron chi connectivity index (χ0n) is 13.5. The number of hydrogen-bond acceptors (Lipinski definition) is 2. The first-order valence-electron chi connectivity index (χ1n) is 8.29. The average Bonchev–Trinajstić information content (AvgIpc) is 3.23. The third-order valence-corrected chi connectivity index (χ3v) is 4.93. The van der Waals surface area contributed by atoms with Gasteiger partial charge in [-0.1, -0.05) is 0 Å². The molecule has 3 heterocycles. The summed E-state index contributed by atoms with van der Waals surface area (Å²) in [6.45, 7) is 3.46. The summed E-state index contributed by atoms with van der Waals surface area (Å²) >= 11 is 6.22. The van der Waals surface area contributed by atoms with Gasteiger partial charge in [0.1, 0.15) is 0 Å². The molecule has 1 aromatic carbocycles. The van der Waals surface area contributed by atoms with Crippen molar-refractivity contribution in [1.29, 1.82) is 0 Å². The van der Waals surface area contributed by atoms with Crippen molar-refractivity contribution in [1.82, 2.24) is 14.5 Å². The predicted molar refractivity (Wildman–Crippen MR) is 101 cm³/mol. The second-order valence-electron chi connectivity index (χ2n) is 6.28. The zero-order valence-corrected chi connectivity index (χ0v) is 14.2. The quantitative estimate of drug-likeness (QED) is 0.680. The first kappa shape index (κ1) is 15.6. The molecule has 1 saturated heterocycles. The van der Waals surface area contributed by atoms with E-state index in [1.165, 1.54) is 37.5 Å². The molecule has 0 saturated carbocycles. The molecule has 1 aliphatic heterocycles. The van der Waals surface area contributed by atoms with Crippen LogP contribution < -0.4 is 0 Å². The van der Waals surface area contributed by atoms with E-state index in [1.807, 2.05) is 18.2 Å². The summed E-state index contributed by atoms with van der Waals surface area (Å²) in [5.74, 6) is 1.52. The van der Waals surface area contributed by atoms with Gasteiger partial charge in [0.25, 0.3) is 0 Å². The molecule has 3 aromatic rings. The number of likely N-dealkylation sites (tertiary alicyclic amines) is 1. The fourth-order valence-corrected chi connectivity index (χ4v) is 3.57. The van der Waals surface area contributed by atoms with Crippen LogP contribution in [0.15, 0.2) is 42.5 Å². The first-order valence-corrected chi connectivity index (χ1v) is 8.67. The average molecular weight is 335 g/mol. The summed E-state index contributed by atoms with van der Waals surface area (Å²) in [7, 11) is 5.67. The number of benzene rings is 1. The SMILES string of the molecule is [B]=Cc1cc(Cl)c2ccc(-c3ccc(CN4CCCC4)cc3)nn12. The monoisotopic (exact) mass is 334 g/mol. The maximum atomic E-state index is 6.22. The summed E-state index contributed by atoms with van der Waals surface area (Å²) in [4.78, 5) is 2.50. The molecular formula is C19H18BClN3. The maximum absolute atomic E-state index is 6.22. The van der Waals surface area contributed by atoms with Crippen molar-refractivity contribution in [2.24, 2.45) is 0 Å². The van der Waals surface area contributed by atoms with E-state index < -0.39 is 0 Å². The molecule has 1 aliphatic rings. The first-order chi connectivity index (χ1) is 11.7. The number of nitrogens with zero attached hydrogens (tertiary/aromatic N) is 3. The molecule has 1 radical (unpaired) electrons. The molecule has 0 bridgehead atoms. The number of halogens is 1. The van der Waals surface area contributed by atoms with E-state index in [2.05, 4.69) is 34.3 Å². The van der Waals surface area contributed by atoms with Crippen LogP contribution in [0.5, 0.6) is 0 Å². The molecular weight excluding hydrogens is 316 g/mol. The van der Waals surface area contributed by atoms with Gasteiger partial charge >= 0.3 is 135 Å². The Labute approximate surface area is 147 Å². The van der Waals surface area contributed by atoms with E-state index in [1.54, 1.807) is 4.52 Å². The Bertz CT molecular complexity index is 880. The van der Waals surface area contributed by atoms with E-state index in [0.717, 1.165) is 29.0 Å². The molecule has 0 aliphatic carbocycles. The number of aromatic nitrogens is 2. The van der Waals surface area contributed by atoms with Crippen LogP contribution in [0.4, 0.5) is 0 Å². The van der Waals surface area contributed by atoms with Crippen LogP contribution in [0.25, 0.3) is 16.8 Å². The third-order valence-electron chi connectivity index (χ3n) is 4.62. The Morgan fingerprint density at radius 1 is 1.08 bits per heavy atom. The van der Waals surface area contributed by atoms with Crippen molar-refractivity contribution in [2.75, 3.05) is 13.1 Å². The fourth-order valence-electron chi connectivity index (χ4n) is 3.32. The van der Waals surface area contributed by atoms with Gasteiger partial charge < -0.3 is 0 Å². The second-order valence-corrected chi connectivity index (χ2v) is 6.69. The van der Waals surface area contributed by atoms with Crippen molar-refractivity contribution in [3.8, 4) is 11.3 Å². The van der Waals surface area contributed by atoms with Crippen LogP contribution in [0.1, 0.15) is 24.1 Å². The van der Waals surface area contributed by atoms with Crippen LogP contribution in [0.2, 0.25) is 5.02 Å². The van der Waals surface area contributed by atoms with Crippen molar-refractivity contribution in [3.63, 3.8) is 0 Å². The van der Waals surface area contributed by atoms with E-state index in [0.29, 0.717) is 5.02 Å². The molecule has 4 rings (SSSR count). The van der Waals surface area contributed by atoms with Crippen LogP contribution >= 0.6 is 11.6 Å². The molecule has 0 N–H and O–H groups in total. The Hall–Kier alpha value is -1.91. The molecule has 3 nitrogen and oxygen atoms in total. The fraction of sp³-hybridized carbons (Fsp3) is 0.263. The number of fused-ring (bicyclic) bond motifs is 1. The standard InChI is InChI=1S/C19H18BClN3/c20-12-16-11-17(21)19-8-7-18(22-24(16)19)15-5-3-14(4-6-15)13-23-9-1-2-10-23/h3-8,11-12H,1-2,9-10,13H2. The molecule has 2 aromatic heterocycles. The summed E-state index contributed by atoms with van der Waals surface area (Å²) in [6.07, 6.45) is 2.64. The van der Waals surface area contributed by atoms with Gasteiger partial charge in [-0.2, -0.15) is 0 Å². The summed E-state index contributed by atoms with van der Waals surface area (Å²) in [5.41, 5.74) is 5.01. The van der Waals surface area contributed by atoms with Crippen LogP contribution in [-0.2, 0) is 6.54 Å². The van der Waals surface area contributed by atoms with Gasteiger partial charge in [-0.3, -0.25) is 0 Å². The topological polar surface area (TPSA) is 20.5 Å². The van der Waals surface area contributed by atoms with E-state index in [9.17, 15) is 0 Å². The molecule has 0 amide bonds. The Morgan fingerprint density at radius 3 is 2.54 bits per heavy atom. The van der Waals surface area contributed by atoms with E-state index in [4.69, 9.17) is 19.1 Å². The molecule has 0 atom stereocenters. The summed E-state index contributed by atoms with van der Waals surface area (Å²) in [5, 5.41) is 5.34. The molecule has 0 unspecified atom stereocenters. The minimum absolute atomic E-state index is 0.659. The van der Waals surface area contributed by atoms with E-state index >= 15 is 0 Å².